The number of aliphatic hydroxyl groups excluding tert-OH is 1. The normalized spacial score (nSPS) is 14.1. The smallest absolute Gasteiger partial charge is 0.462 e. The van der Waals surface area contributed by atoms with Crippen molar-refractivity contribution in [3.8, 4) is 0 Å². The van der Waals surface area contributed by atoms with Gasteiger partial charge in [0.05, 0.1) is 26.4 Å². The van der Waals surface area contributed by atoms with Gasteiger partial charge in [0, 0.05) is 25.7 Å². The van der Waals surface area contributed by atoms with Crippen LogP contribution in [0.5, 0.6) is 0 Å². The summed E-state index contributed by atoms with van der Waals surface area (Å²) in [4.78, 5) is 73.2. The Bertz CT molecular complexity index is 2130. The van der Waals surface area contributed by atoms with Gasteiger partial charge in [-0.3, -0.25) is 37.3 Å². The van der Waals surface area contributed by atoms with Crippen LogP contribution in [0.15, 0.2) is 24.3 Å². The third-order valence-electron chi connectivity index (χ3n) is 20.5. The fourth-order valence-electron chi connectivity index (χ4n) is 13.3. The van der Waals surface area contributed by atoms with Crippen molar-refractivity contribution in [3.05, 3.63) is 24.3 Å². The minimum Gasteiger partial charge on any atom is -0.462 e. The molecule has 632 valence electrons. The molecule has 0 rings (SSSR count). The third kappa shape index (κ3) is 80.0. The lowest BCUT2D eigenvalue weighted by molar-refractivity contribution is -0.161. The van der Waals surface area contributed by atoms with E-state index in [4.69, 9.17) is 37.0 Å². The fourth-order valence-corrected chi connectivity index (χ4v) is 14.8. The van der Waals surface area contributed by atoms with E-state index in [9.17, 15) is 43.2 Å². The van der Waals surface area contributed by atoms with E-state index >= 15 is 0 Å². The SMILES string of the molecule is CCCCCC/C=C\C=C/CCCCCCCC(=O)O[C@H](COC(=O)CCCCCCCCCCC)COP(=O)(O)OC[C@H](O)COP(=O)(O)OC[C@@H](COC(=O)CCCCCCCCCCCCCCCCCCCCCCC)OC(=O)CCCCCCCCCCCCCCCCCCCCC(C)CC. The second-order valence-corrected chi connectivity index (χ2v) is 34.1. The molecule has 107 heavy (non-hydrogen) atoms. The van der Waals surface area contributed by atoms with Crippen molar-refractivity contribution in [1.82, 2.24) is 0 Å². The molecule has 6 atom stereocenters. The number of carbonyl (C=O) groups is 4. The van der Waals surface area contributed by atoms with Gasteiger partial charge in [-0.25, -0.2) is 9.13 Å². The van der Waals surface area contributed by atoms with Gasteiger partial charge in [0.2, 0.25) is 0 Å². The van der Waals surface area contributed by atoms with Gasteiger partial charge in [-0.2, -0.15) is 0 Å². The van der Waals surface area contributed by atoms with Crippen LogP contribution in [-0.2, 0) is 65.4 Å². The molecule has 0 fully saturated rings. The van der Waals surface area contributed by atoms with Crippen molar-refractivity contribution >= 4 is 39.5 Å². The van der Waals surface area contributed by atoms with Gasteiger partial charge in [0.15, 0.2) is 12.2 Å². The lowest BCUT2D eigenvalue weighted by Gasteiger charge is -2.21. The van der Waals surface area contributed by atoms with Crippen molar-refractivity contribution in [3.63, 3.8) is 0 Å². The topological polar surface area (TPSA) is 237 Å². The molecule has 0 heterocycles. The molecule has 0 radical (unpaired) electrons. The first-order valence-electron chi connectivity index (χ1n) is 45.0. The Morgan fingerprint density at radius 2 is 0.523 bits per heavy atom. The Morgan fingerprint density at radius 3 is 0.794 bits per heavy atom. The second-order valence-electron chi connectivity index (χ2n) is 31.2. The maximum Gasteiger partial charge on any atom is 0.472 e. The van der Waals surface area contributed by atoms with E-state index in [-0.39, 0.29) is 25.7 Å². The zero-order valence-electron chi connectivity index (χ0n) is 69.8. The standard InChI is InChI=1S/C88H168O17P2/c1-6-10-13-16-19-22-24-26-28-29-30-31-32-36-40-43-47-52-57-62-67-72-86(91)99-78-84(105-88(93)74-69-64-59-54-49-45-41-37-34-33-35-39-42-46-51-55-60-65-70-81(5)9-4)80-103-107(96,97)101-76-82(89)75-100-106(94,95)102-79-83(77-98-85(90)71-66-61-56-50-21-18-15-12-8-3)104-87(92)73-68-63-58-53-48-44-38-27-25-23-20-17-14-11-7-2/h23,25,27,38,81-84,89H,6-22,24,26,28-37,39-80H2,1-5H3,(H,94,95)(H,96,97)/b25-23-,38-27-/t81?,82-,83+,84+/m0/s1. The number of hydrogen-bond donors (Lipinski definition) is 3. The molecule has 0 aliphatic carbocycles. The lowest BCUT2D eigenvalue weighted by atomic mass is 9.99. The number of hydrogen-bond acceptors (Lipinski definition) is 15. The van der Waals surface area contributed by atoms with Crippen molar-refractivity contribution < 1.29 is 80.2 Å². The molecule has 0 bridgehead atoms. The summed E-state index contributed by atoms with van der Waals surface area (Å²) in [6, 6.07) is 0. The molecule has 3 N–H and O–H groups in total. The van der Waals surface area contributed by atoms with E-state index in [2.05, 4.69) is 58.9 Å². The minimum atomic E-state index is -4.97. The van der Waals surface area contributed by atoms with Crippen LogP contribution < -0.4 is 0 Å². The summed E-state index contributed by atoms with van der Waals surface area (Å²) in [5.41, 5.74) is 0. The predicted molar refractivity (Wildman–Crippen MR) is 441 cm³/mol. The lowest BCUT2D eigenvalue weighted by Crippen LogP contribution is -2.30. The maximum absolute atomic E-state index is 13.2. The number of allylic oxidation sites excluding steroid dienone is 4. The summed E-state index contributed by atoms with van der Waals surface area (Å²) < 4.78 is 68.8. The number of esters is 4. The Balaban J connectivity index is 5.22. The summed E-state index contributed by atoms with van der Waals surface area (Å²) in [6.07, 6.45) is 77.3. The Hall–Kier alpha value is -2.46. The predicted octanol–water partition coefficient (Wildman–Crippen LogP) is 26.7. The molecule has 0 aliphatic heterocycles. The first-order chi connectivity index (χ1) is 52.1. The van der Waals surface area contributed by atoms with Crippen LogP contribution in [0.25, 0.3) is 0 Å². The van der Waals surface area contributed by atoms with E-state index in [1.54, 1.807) is 0 Å². The number of rotatable bonds is 86. The number of phosphoric acid groups is 2. The van der Waals surface area contributed by atoms with E-state index in [1.807, 2.05) is 0 Å². The molecule has 0 aliphatic rings. The summed E-state index contributed by atoms with van der Waals surface area (Å²) in [6.45, 7) is 7.35. The molecule has 19 heteroatoms. The minimum absolute atomic E-state index is 0.0855. The fraction of sp³-hybridized carbons (Fsp3) is 0.909. The first-order valence-corrected chi connectivity index (χ1v) is 48.0. The number of unbranched alkanes of at least 4 members (excludes halogenated alkanes) is 54. The largest absolute Gasteiger partial charge is 0.472 e. The monoisotopic (exact) mass is 1560 g/mol. The van der Waals surface area contributed by atoms with Crippen LogP contribution in [0.3, 0.4) is 0 Å². The zero-order chi connectivity index (χ0) is 78.3. The summed E-state index contributed by atoms with van der Waals surface area (Å²) in [5.74, 6) is -1.26. The van der Waals surface area contributed by atoms with Gasteiger partial charge in [-0.15, -0.1) is 0 Å². The number of aliphatic hydroxyl groups is 1. The highest BCUT2D eigenvalue weighted by molar-refractivity contribution is 7.47. The molecular weight excluding hydrogens is 1390 g/mol. The van der Waals surface area contributed by atoms with E-state index in [1.165, 1.54) is 263 Å². The van der Waals surface area contributed by atoms with Crippen LogP contribution in [-0.4, -0.2) is 96.7 Å². The van der Waals surface area contributed by atoms with Crippen LogP contribution in [0, 0.1) is 5.92 Å². The number of phosphoric ester groups is 2. The van der Waals surface area contributed by atoms with Crippen LogP contribution in [0.4, 0.5) is 0 Å². The van der Waals surface area contributed by atoms with Gasteiger partial charge in [-0.1, -0.05) is 399 Å². The molecule has 0 aromatic rings. The number of carbonyl (C=O) groups excluding carboxylic acids is 4. The van der Waals surface area contributed by atoms with Crippen molar-refractivity contribution in [2.24, 2.45) is 5.92 Å². The highest BCUT2D eigenvalue weighted by Gasteiger charge is 2.30. The molecule has 0 aromatic carbocycles. The quantitative estimate of drug-likeness (QED) is 0.0169. The number of ether oxygens (including phenoxy) is 4. The molecule has 0 spiro atoms. The molecule has 0 saturated carbocycles. The van der Waals surface area contributed by atoms with Crippen molar-refractivity contribution in [1.29, 1.82) is 0 Å². The second kappa shape index (κ2) is 80.2. The van der Waals surface area contributed by atoms with Gasteiger partial charge in [0.25, 0.3) is 0 Å². The Kier molecular flexibility index (Phi) is 78.3. The van der Waals surface area contributed by atoms with Crippen LogP contribution in [0.1, 0.15) is 452 Å². The molecule has 0 amide bonds. The van der Waals surface area contributed by atoms with Crippen LogP contribution >= 0.6 is 15.6 Å². The summed E-state index contributed by atoms with van der Waals surface area (Å²) >= 11 is 0. The van der Waals surface area contributed by atoms with E-state index in [0.717, 1.165) is 109 Å². The molecule has 0 aromatic heterocycles. The highest BCUT2D eigenvalue weighted by atomic mass is 31.2. The molecular formula is C88H168O17P2. The highest BCUT2D eigenvalue weighted by Crippen LogP contribution is 2.45. The van der Waals surface area contributed by atoms with E-state index in [0.29, 0.717) is 25.7 Å². The zero-order valence-corrected chi connectivity index (χ0v) is 71.6. The molecule has 3 unspecified atom stereocenters. The van der Waals surface area contributed by atoms with Gasteiger partial charge >= 0.3 is 39.5 Å². The summed E-state index contributed by atoms with van der Waals surface area (Å²) in [5, 5.41) is 10.7. The first kappa shape index (κ1) is 105. The molecule has 17 nitrogen and oxygen atoms in total. The van der Waals surface area contributed by atoms with Crippen molar-refractivity contribution in [2.45, 2.75) is 470 Å². The van der Waals surface area contributed by atoms with Gasteiger partial charge in [0.1, 0.15) is 19.3 Å². The van der Waals surface area contributed by atoms with E-state index < -0.39 is 97.5 Å². The van der Waals surface area contributed by atoms with Crippen molar-refractivity contribution in [2.75, 3.05) is 39.6 Å². The van der Waals surface area contributed by atoms with Gasteiger partial charge < -0.3 is 33.8 Å². The van der Waals surface area contributed by atoms with Gasteiger partial charge in [-0.05, 0) is 57.3 Å². The summed E-state index contributed by atoms with van der Waals surface area (Å²) in [7, 11) is -9.94. The Labute approximate surface area is 656 Å². The average molecular weight is 1560 g/mol. The van der Waals surface area contributed by atoms with Crippen LogP contribution in [0.2, 0.25) is 0 Å². The third-order valence-corrected chi connectivity index (χ3v) is 22.4. The Morgan fingerprint density at radius 1 is 0.299 bits per heavy atom. The average Bonchev–Trinajstić information content (AvgIpc) is 0.905. The molecule has 0 saturated heterocycles. The maximum atomic E-state index is 13.2.